The van der Waals surface area contributed by atoms with E-state index in [0.717, 1.165) is 6.42 Å². The van der Waals surface area contributed by atoms with E-state index in [1.54, 1.807) is 0 Å². The molecule has 0 saturated carbocycles. The van der Waals surface area contributed by atoms with Crippen molar-refractivity contribution in [1.29, 1.82) is 0 Å². The number of aliphatic hydroxyl groups excluding tert-OH is 1. The Morgan fingerprint density at radius 2 is 2.33 bits per heavy atom. The molecule has 3 N–H and O–H groups in total. The van der Waals surface area contributed by atoms with Crippen LogP contribution in [0, 0.1) is 0 Å². The fourth-order valence-corrected chi connectivity index (χ4v) is 1.35. The predicted octanol–water partition coefficient (Wildman–Crippen LogP) is -0.330. The molecule has 0 atom stereocenters. The lowest BCUT2D eigenvalue weighted by atomic mass is 10.3. The van der Waals surface area contributed by atoms with E-state index >= 15 is 0 Å². The Labute approximate surface area is 104 Å². The standard InChI is InChI=1S/C11H17N3O4/c1-18-10(17)7-8-6-9(16)14-11(13-8)12-4-2-3-5-15/h6,15H,2-5,7H2,1H3,(H2,12,13,14,16). The van der Waals surface area contributed by atoms with Crippen LogP contribution in [0.5, 0.6) is 0 Å². The number of methoxy groups -OCH3 is 1. The van der Waals surface area contributed by atoms with Gasteiger partial charge < -0.3 is 15.2 Å². The van der Waals surface area contributed by atoms with Gasteiger partial charge in [0, 0.05) is 19.2 Å². The van der Waals surface area contributed by atoms with E-state index in [9.17, 15) is 9.59 Å². The lowest BCUT2D eigenvalue weighted by Crippen LogP contribution is -2.17. The van der Waals surface area contributed by atoms with Gasteiger partial charge in [-0.2, -0.15) is 0 Å². The van der Waals surface area contributed by atoms with Crippen LogP contribution in [0.15, 0.2) is 10.9 Å². The molecule has 0 unspecified atom stereocenters. The zero-order valence-corrected chi connectivity index (χ0v) is 10.2. The molecule has 1 aromatic rings. The molecule has 7 nitrogen and oxygen atoms in total. The number of nitrogens with zero attached hydrogens (tertiary/aromatic N) is 1. The van der Waals surface area contributed by atoms with Gasteiger partial charge in [0.2, 0.25) is 5.95 Å². The van der Waals surface area contributed by atoms with Crippen LogP contribution in [0.3, 0.4) is 0 Å². The van der Waals surface area contributed by atoms with Gasteiger partial charge >= 0.3 is 5.97 Å². The maximum Gasteiger partial charge on any atom is 0.311 e. The molecule has 0 bridgehead atoms. The topological polar surface area (TPSA) is 104 Å². The van der Waals surface area contributed by atoms with E-state index in [2.05, 4.69) is 20.0 Å². The number of H-pyrrole nitrogens is 1. The first-order chi connectivity index (χ1) is 8.65. The molecule has 1 rings (SSSR count). The number of aliphatic hydroxyl groups is 1. The SMILES string of the molecule is COC(=O)Cc1cc(=O)[nH]c(NCCCCO)n1. The molecule has 0 aliphatic heterocycles. The first-order valence-corrected chi connectivity index (χ1v) is 5.67. The Kier molecular flexibility index (Phi) is 5.86. The van der Waals surface area contributed by atoms with E-state index in [4.69, 9.17) is 5.11 Å². The number of nitrogens with one attached hydrogen (secondary N) is 2. The molecule has 0 aliphatic rings. The summed E-state index contributed by atoms with van der Waals surface area (Å²) in [6.07, 6.45) is 1.41. The highest BCUT2D eigenvalue weighted by molar-refractivity contribution is 5.71. The van der Waals surface area contributed by atoms with Crippen LogP contribution in [0.4, 0.5) is 5.95 Å². The van der Waals surface area contributed by atoms with Crippen LogP contribution in [-0.2, 0) is 16.0 Å². The highest BCUT2D eigenvalue weighted by Gasteiger charge is 2.06. The van der Waals surface area contributed by atoms with Crippen LogP contribution in [-0.4, -0.2) is 41.3 Å². The minimum Gasteiger partial charge on any atom is -0.469 e. The molecule has 1 aromatic heterocycles. The molecule has 1 heterocycles. The van der Waals surface area contributed by atoms with Crippen molar-refractivity contribution in [3.8, 4) is 0 Å². The van der Waals surface area contributed by atoms with E-state index < -0.39 is 5.97 Å². The number of aromatic nitrogens is 2. The molecular weight excluding hydrogens is 238 g/mol. The third-order valence-electron chi connectivity index (χ3n) is 2.23. The summed E-state index contributed by atoms with van der Waals surface area (Å²) in [6.45, 7) is 0.721. The third kappa shape index (κ3) is 4.96. The molecule has 0 saturated heterocycles. The highest BCUT2D eigenvalue weighted by Crippen LogP contribution is 2.00. The number of carbonyl (C=O) groups excluding carboxylic acids is 1. The molecule has 0 aromatic carbocycles. The van der Waals surface area contributed by atoms with Gasteiger partial charge in [0.15, 0.2) is 0 Å². The second kappa shape index (κ2) is 7.44. The summed E-state index contributed by atoms with van der Waals surface area (Å²) in [5.74, 6) is -0.126. The second-order valence-electron chi connectivity index (χ2n) is 3.70. The molecule has 18 heavy (non-hydrogen) atoms. The Morgan fingerprint density at radius 3 is 3.00 bits per heavy atom. The molecule has 0 aliphatic carbocycles. The monoisotopic (exact) mass is 255 g/mol. The molecule has 0 spiro atoms. The van der Waals surface area contributed by atoms with E-state index in [-0.39, 0.29) is 18.6 Å². The zero-order valence-electron chi connectivity index (χ0n) is 10.2. The van der Waals surface area contributed by atoms with Crippen LogP contribution in [0.25, 0.3) is 0 Å². The number of unbranched alkanes of at least 4 members (excludes halogenated alkanes) is 1. The number of hydrogen-bond acceptors (Lipinski definition) is 6. The lowest BCUT2D eigenvalue weighted by molar-refractivity contribution is -0.139. The quantitative estimate of drug-likeness (QED) is 0.455. The van der Waals surface area contributed by atoms with Gasteiger partial charge in [-0.15, -0.1) is 0 Å². The van der Waals surface area contributed by atoms with Crippen molar-refractivity contribution in [2.45, 2.75) is 19.3 Å². The molecule has 100 valence electrons. The van der Waals surface area contributed by atoms with Crippen molar-refractivity contribution in [1.82, 2.24) is 9.97 Å². The van der Waals surface area contributed by atoms with Gasteiger partial charge in [0.05, 0.1) is 19.2 Å². The van der Waals surface area contributed by atoms with Gasteiger partial charge in [0.25, 0.3) is 5.56 Å². The summed E-state index contributed by atoms with van der Waals surface area (Å²) < 4.78 is 4.51. The number of hydrogen-bond donors (Lipinski definition) is 3. The average Bonchev–Trinajstić information content (AvgIpc) is 2.34. The predicted molar refractivity (Wildman–Crippen MR) is 65.4 cm³/mol. The number of anilines is 1. The summed E-state index contributed by atoms with van der Waals surface area (Å²) in [5, 5.41) is 11.5. The molecule has 0 radical (unpaired) electrons. The highest BCUT2D eigenvalue weighted by atomic mass is 16.5. The Morgan fingerprint density at radius 1 is 1.56 bits per heavy atom. The summed E-state index contributed by atoms with van der Waals surface area (Å²) >= 11 is 0. The fourth-order valence-electron chi connectivity index (χ4n) is 1.35. The summed E-state index contributed by atoms with van der Waals surface area (Å²) in [4.78, 5) is 29.0. The minimum atomic E-state index is -0.445. The first-order valence-electron chi connectivity index (χ1n) is 5.67. The van der Waals surface area contributed by atoms with Gasteiger partial charge in [-0.25, -0.2) is 4.98 Å². The van der Waals surface area contributed by atoms with Crippen molar-refractivity contribution in [3.05, 3.63) is 22.1 Å². The largest absolute Gasteiger partial charge is 0.469 e. The normalized spacial score (nSPS) is 10.1. The first kappa shape index (κ1) is 14.2. The Hall–Kier alpha value is -1.89. The summed E-state index contributed by atoms with van der Waals surface area (Å²) in [6, 6.07) is 1.26. The van der Waals surface area contributed by atoms with Crippen LogP contribution in [0.2, 0.25) is 0 Å². The molecule has 0 fully saturated rings. The van der Waals surface area contributed by atoms with Crippen molar-refractivity contribution in [3.63, 3.8) is 0 Å². The molecule has 0 amide bonds. The lowest BCUT2D eigenvalue weighted by Gasteiger charge is -2.06. The summed E-state index contributed by atoms with van der Waals surface area (Å²) in [5.41, 5.74) is 0.0313. The minimum absolute atomic E-state index is 0.0360. The second-order valence-corrected chi connectivity index (χ2v) is 3.70. The number of rotatable bonds is 7. The number of ether oxygens (including phenoxy) is 1. The molecular formula is C11H17N3O4. The van der Waals surface area contributed by atoms with Gasteiger partial charge in [-0.05, 0) is 12.8 Å². The van der Waals surface area contributed by atoms with Crippen molar-refractivity contribution >= 4 is 11.9 Å². The van der Waals surface area contributed by atoms with Gasteiger partial charge in [0.1, 0.15) is 0 Å². The van der Waals surface area contributed by atoms with Crippen molar-refractivity contribution < 1.29 is 14.6 Å². The van der Waals surface area contributed by atoms with E-state index in [1.165, 1.54) is 13.2 Å². The van der Waals surface area contributed by atoms with E-state index in [0.29, 0.717) is 24.6 Å². The van der Waals surface area contributed by atoms with Crippen LogP contribution < -0.4 is 10.9 Å². The van der Waals surface area contributed by atoms with Crippen molar-refractivity contribution in [2.75, 3.05) is 25.6 Å². The summed E-state index contributed by atoms with van der Waals surface area (Å²) in [7, 11) is 1.28. The van der Waals surface area contributed by atoms with Gasteiger partial charge in [-0.1, -0.05) is 0 Å². The third-order valence-corrected chi connectivity index (χ3v) is 2.23. The Bertz CT molecular complexity index is 444. The average molecular weight is 255 g/mol. The van der Waals surface area contributed by atoms with Crippen molar-refractivity contribution in [2.24, 2.45) is 0 Å². The number of carbonyl (C=O) groups is 1. The van der Waals surface area contributed by atoms with Gasteiger partial charge in [-0.3, -0.25) is 14.6 Å². The molecule has 7 heteroatoms. The maximum absolute atomic E-state index is 11.3. The Balaban J connectivity index is 2.63. The maximum atomic E-state index is 11.3. The number of aromatic amines is 1. The fraction of sp³-hybridized carbons (Fsp3) is 0.545. The number of esters is 1. The van der Waals surface area contributed by atoms with Crippen LogP contribution in [0.1, 0.15) is 18.5 Å². The smallest absolute Gasteiger partial charge is 0.311 e. The van der Waals surface area contributed by atoms with E-state index in [1.807, 2.05) is 0 Å². The van der Waals surface area contributed by atoms with Crippen LogP contribution >= 0.6 is 0 Å². The zero-order chi connectivity index (χ0) is 13.4.